The van der Waals surface area contributed by atoms with E-state index in [9.17, 15) is 29.6 Å². The number of nitrogens with one attached hydrogen (secondary N) is 1. The van der Waals surface area contributed by atoms with E-state index in [4.69, 9.17) is 10.6 Å². The number of nitrogens with zero attached hydrogens (tertiary/aromatic N) is 5. The van der Waals surface area contributed by atoms with Gasteiger partial charge in [-0.05, 0) is 25.0 Å². The first-order valence-electron chi connectivity index (χ1n) is 11.3. The van der Waals surface area contributed by atoms with Crippen LogP contribution in [-0.4, -0.2) is 67.6 Å². The smallest absolute Gasteiger partial charge is 0.352 e. The Bertz CT molecular complexity index is 1560. The van der Waals surface area contributed by atoms with Gasteiger partial charge in [0.1, 0.15) is 29.6 Å². The number of thiazole rings is 2. The molecule has 2 aliphatic heterocycles. The third-order valence-corrected chi connectivity index (χ3v) is 7.79. The zero-order valence-corrected chi connectivity index (χ0v) is 21.7. The Kier molecular flexibility index (Phi) is 6.80. The first-order valence-corrected chi connectivity index (χ1v) is 13.1. The first kappa shape index (κ1) is 25.9. The number of anilines is 1. The highest BCUT2D eigenvalue weighted by Gasteiger charge is 2.54. The highest BCUT2D eigenvalue weighted by Crippen LogP contribution is 2.41. The second-order valence-electron chi connectivity index (χ2n) is 8.43. The zero-order chi connectivity index (χ0) is 27.8. The predicted molar refractivity (Wildman–Crippen MR) is 141 cm³/mol. The van der Waals surface area contributed by atoms with Crippen LogP contribution in [0, 0.1) is 10.1 Å². The summed E-state index contributed by atoms with van der Waals surface area (Å²) in [5, 5.41) is 31.2. The maximum absolute atomic E-state index is 13.1. The maximum atomic E-state index is 13.1. The molecule has 14 nitrogen and oxygen atoms in total. The van der Waals surface area contributed by atoms with Gasteiger partial charge in [0.2, 0.25) is 0 Å². The van der Waals surface area contributed by atoms with Crippen LogP contribution in [0.2, 0.25) is 0 Å². The summed E-state index contributed by atoms with van der Waals surface area (Å²) in [5.74, 6) is -2.58. The number of aliphatic carboxylic acids is 1. The monoisotopic (exact) mass is 569 g/mol. The van der Waals surface area contributed by atoms with E-state index in [0.717, 1.165) is 11.3 Å². The van der Waals surface area contributed by atoms with Gasteiger partial charge in [-0.2, -0.15) is 0 Å². The summed E-state index contributed by atoms with van der Waals surface area (Å²) < 4.78 is 0. The fraction of sp³-hybridized carbons (Fsp3) is 0.217. The molecule has 0 bridgehead atoms. The first-order chi connectivity index (χ1) is 18.7. The fourth-order valence-electron chi connectivity index (χ4n) is 4.48. The van der Waals surface area contributed by atoms with E-state index in [0.29, 0.717) is 34.7 Å². The summed E-state index contributed by atoms with van der Waals surface area (Å²) in [6, 6.07) is 4.33. The van der Waals surface area contributed by atoms with Crippen molar-refractivity contribution in [1.29, 1.82) is 0 Å². The average molecular weight is 570 g/mol. The number of hydrogen-bond donors (Lipinski definition) is 3. The lowest BCUT2D eigenvalue weighted by molar-refractivity contribution is -0.384. The Labute approximate surface area is 227 Å². The highest BCUT2D eigenvalue weighted by molar-refractivity contribution is 7.13. The summed E-state index contributed by atoms with van der Waals surface area (Å²) in [7, 11) is 1.26. The maximum Gasteiger partial charge on any atom is 0.352 e. The van der Waals surface area contributed by atoms with Crippen molar-refractivity contribution in [2.24, 2.45) is 5.16 Å². The number of oxime groups is 1. The molecule has 0 aliphatic carbocycles. The molecule has 0 radical (unpaired) electrons. The van der Waals surface area contributed by atoms with Gasteiger partial charge >= 0.3 is 5.97 Å². The Hall–Kier alpha value is -4.70. The number of carboxylic acid groups (broad SMARTS) is 1. The number of non-ortho nitro benzene ring substituents is 1. The molecule has 1 fully saturated rings. The van der Waals surface area contributed by atoms with Crippen molar-refractivity contribution in [2.75, 3.05) is 12.8 Å². The number of aromatic nitrogens is 2. The van der Waals surface area contributed by atoms with E-state index in [-0.39, 0.29) is 27.9 Å². The standard InChI is InChI=1S/C23H19N7O7S2/c1-37-28-16(14-9-39-23(24)26-14)19(31)27-17-15-7-6-12(18(22(33)34)29(15)21(17)32)13-8-38-20(25-13)10-2-4-11(5-3-10)30(35)36/h2-5,8-9,15,17H,6-7H2,1H3,(H2,24,26)(H,27,31)(H,33,34)/b28-16-/t15-,17+/m1/s1. The quantitative estimate of drug-likeness (QED) is 0.156. The van der Waals surface area contributed by atoms with Crippen molar-refractivity contribution < 1.29 is 29.3 Å². The summed E-state index contributed by atoms with van der Waals surface area (Å²) in [6.07, 6.45) is 0.682. The molecule has 1 aromatic carbocycles. The number of rotatable bonds is 8. The van der Waals surface area contributed by atoms with E-state index in [1.54, 1.807) is 17.5 Å². The third kappa shape index (κ3) is 4.70. The number of fused-ring (bicyclic) bond motifs is 1. The van der Waals surface area contributed by atoms with Gasteiger partial charge in [0.25, 0.3) is 17.5 Å². The van der Waals surface area contributed by atoms with Crippen LogP contribution in [0.5, 0.6) is 0 Å². The molecule has 5 rings (SSSR count). The number of nitrogen functional groups attached to an aromatic ring is 1. The van der Waals surface area contributed by atoms with Gasteiger partial charge in [-0.15, -0.1) is 22.7 Å². The van der Waals surface area contributed by atoms with Crippen LogP contribution in [0.1, 0.15) is 24.2 Å². The topological polar surface area (TPSA) is 203 Å². The number of amides is 2. The van der Waals surface area contributed by atoms with Crippen LogP contribution in [-0.2, 0) is 19.2 Å². The van der Waals surface area contributed by atoms with Gasteiger partial charge in [-0.1, -0.05) is 5.16 Å². The van der Waals surface area contributed by atoms with Crippen molar-refractivity contribution in [3.63, 3.8) is 0 Å². The Morgan fingerprint density at radius 2 is 2.00 bits per heavy atom. The lowest BCUT2D eigenvalue weighted by Crippen LogP contribution is -2.72. The summed E-state index contributed by atoms with van der Waals surface area (Å²) in [6.45, 7) is 0. The normalized spacial score (nSPS) is 18.8. The molecule has 1 saturated heterocycles. The molecule has 2 aromatic heterocycles. The Balaban J connectivity index is 1.37. The van der Waals surface area contributed by atoms with Crippen molar-refractivity contribution in [2.45, 2.75) is 24.9 Å². The lowest BCUT2D eigenvalue weighted by Gasteiger charge is -2.50. The van der Waals surface area contributed by atoms with Crippen LogP contribution in [0.15, 0.2) is 45.9 Å². The minimum Gasteiger partial charge on any atom is -0.477 e. The van der Waals surface area contributed by atoms with Crippen molar-refractivity contribution in [3.8, 4) is 10.6 Å². The molecule has 16 heteroatoms. The van der Waals surface area contributed by atoms with Gasteiger partial charge in [0.05, 0.1) is 16.7 Å². The average Bonchev–Trinajstić information content (AvgIpc) is 3.58. The summed E-state index contributed by atoms with van der Waals surface area (Å²) in [5.41, 5.74) is 6.85. The summed E-state index contributed by atoms with van der Waals surface area (Å²) >= 11 is 2.36. The Morgan fingerprint density at radius 1 is 1.26 bits per heavy atom. The fourth-order valence-corrected chi connectivity index (χ4v) is 5.87. The summed E-state index contributed by atoms with van der Waals surface area (Å²) in [4.78, 5) is 63.2. The minimum atomic E-state index is -1.29. The molecule has 0 saturated carbocycles. The minimum absolute atomic E-state index is 0.0565. The highest BCUT2D eigenvalue weighted by atomic mass is 32.1. The number of nitrogens with two attached hydrogens (primary N) is 1. The molecule has 39 heavy (non-hydrogen) atoms. The number of nitro groups is 1. The van der Waals surface area contributed by atoms with E-state index < -0.39 is 34.8 Å². The van der Waals surface area contributed by atoms with Crippen LogP contribution >= 0.6 is 22.7 Å². The van der Waals surface area contributed by atoms with E-state index in [1.165, 1.54) is 40.9 Å². The van der Waals surface area contributed by atoms with Crippen molar-refractivity contribution in [3.05, 3.63) is 62.2 Å². The molecular formula is C23H19N7O7S2. The van der Waals surface area contributed by atoms with Crippen LogP contribution in [0.3, 0.4) is 0 Å². The number of carbonyl (C=O) groups excluding carboxylic acids is 2. The Morgan fingerprint density at radius 3 is 2.62 bits per heavy atom. The number of carboxylic acids is 1. The second-order valence-corrected chi connectivity index (χ2v) is 10.2. The number of benzene rings is 1. The molecule has 4 heterocycles. The molecule has 3 aromatic rings. The lowest BCUT2D eigenvalue weighted by atomic mass is 9.82. The zero-order valence-electron chi connectivity index (χ0n) is 20.1. The molecule has 2 amide bonds. The van der Waals surface area contributed by atoms with E-state index in [1.807, 2.05) is 0 Å². The molecule has 200 valence electrons. The molecule has 4 N–H and O–H groups in total. The SMILES string of the molecule is CO/N=C(\C(=O)N[C@@H]1C(=O)N2C(C(=O)O)=C(c3csc(-c4ccc([N+](=O)[O-])cc4)n3)CC[C@H]12)c1csc(N)n1. The van der Waals surface area contributed by atoms with Gasteiger partial charge in [0.15, 0.2) is 10.8 Å². The largest absolute Gasteiger partial charge is 0.477 e. The van der Waals surface area contributed by atoms with Gasteiger partial charge in [-0.25, -0.2) is 14.8 Å². The molecule has 2 atom stereocenters. The van der Waals surface area contributed by atoms with Crippen molar-refractivity contribution >= 4 is 62.6 Å². The van der Waals surface area contributed by atoms with Gasteiger partial charge in [-0.3, -0.25) is 24.6 Å². The predicted octanol–water partition coefficient (Wildman–Crippen LogP) is 2.09. The third-order valence-electron chi connectivity index (χ3n) is 6.23. The molecular weight excluding hydrogens is 550 g/mol. The van der Waals surface area contributed by atoms with Gasteiger partial charge in [0, 0.05) is 34.0 Å². The van der Waals surface area contributed by atoms with Crippen LogP contribution in [0.25, 0.3) is 16.1 Å². The number of allylic oxidation sites excluding steroid dienone is 1. The van der Waals surface area contributed by atoms with Crippen LogP contribution < -0.4 is 11.1 Å². The molecule has 0 spiro atoms. The number of hydrogen-bond acceptors (Lipinski definition) is 12. The number of carbonyl (C=O) groups is 3. The van der Waals surface area contributed by atoms with E-state index in [2.05, 4.69) is 20.4 Å². The number of nitro benzene ring substituents is 1. The second kappa shape index (κ2) is 10.2. The number of β-lactam (4-membered cyclic amide) rings is 1. The van der Waals surface area contributed by atoms with Gasteiger partial charge < -0.3 is 21.0 Å². The van der Waals surface area contributed by atoms with Crippen LogP contribution in [0.4, 0.5) is 10.8 Å². The molecule has 0 unspecified atom stereocenters. The molecule has 2 aliphatic rings. The van der Waals surface area contributed by atoms with E-state index >= 15 is 0 Å². The van der Waals surface area contributed by atoms with Crippen molar-refractivity contribution in [1.82, 2.24) is 20.2 Å².